The summed E-state index contributed by atoms with van der Waals surface area (Å²) in [6, 6.07) is 52.1. The lowest BCUT2D eigenvalue weighted by molar-refractivity contribution is -0.268. The summed E-state index contributed by atoms with van der Waals surface area (Å²) in [7, 11) is 1.67. The van der Waals surface area contributed by atoms with Crippen LogP contribution in [0.3, 0.4) is 0 Å². The number of rotatable bonds is 12. The Morgan fingerprint density at radius 3 is 1.92 bits per heavy atom. The summed E-state index contributed by atoms with van der Waals surface area (Å²) in [4.78, 5) is 13.2. The maximum absolute atomic E-state index is 11.9. The first kappa shape index (κ1) is 34.0. The monoisotopic (exact) mass is 676 g/mol. The second-order valence-corrected chi connectivity index (χ2v) is 13.1. The van der Waals surface area contributed by atoms with Crippen LogP contribution in [-0.2, 0) is 28.1 Å². The van der Waals surface area contributed by atoms with Gasteiger partial charge in [0.2, 0.25) is 0 Å². The number of carboxylic acid groups (broad SMARTS) is 1. The van der Waals surface area contributed by atoms with E-state index in [0.29, 0.717) is 26.2 Å². The Hall–Kier alpha value is -5.43. The molecule has 1 fully saturated rings. The summed E-state index contributed by atoms with van der Waals surface area (Å²) in [5, 5.41) is 14.0. The number of piperidine rings is 1. The lowest BCUT2D eigenvalue weighted by Gasteiger charge is -2.40. The summed E-state index contributed by atoms with van der Waals surface area (Å²) in [6.07, 6.45) is -0.146. The molecule has 7 rings (SSSR count). The van der Waals surface area contributed by atoms with Gasteiger partial charge in [-0.25, -0.2) is 0 Å². The van der Waals surface area contributed by atoms with E-state index in [2.05, 4.69) is 109 Å². The largest absolute Gasteiger partial charge is 0.530 e. The fourth-order valence-corrected chi connectivity index (χ4v) is 7.49. The van der Waals surface area contributed by atoms with Gasteiger partial charge >= 0.3 is 0 Å². The average Bonchev–Trinajstić information content (AvgIpc) is 3.19. The zero-order valence-electron chi connectivity index (χ0n) is 28.8. The van der Waals surface area contributed by atoms with E-state index >= 15 is 0 Å². The number of methoxy groups -OCH3 is 1. The molecule has 0 spiro atoms. The van der Waals surface area contributed by atoms with Crippen molar-refractivity contribution in [3.63, 3.8) is 0 Å². The van der Waals surface area contributed by atoms with E-state index < -0.39 is 11.7 Å². The van der Waals surface area contributed by atoms with Crippen molar-refractivity contribution in [1.82, 2.24) is 4.90 Å². The molecule has 2 unspecified atom stereocenters. The maximum atomic E-state index is 11.9. The highest BCUT2D eigenvalue weighted by Crippen LogP contribution is 2.41. The Labute approximate surface area is 299 Å². The smallest absolute Gasteiger partial charge is 0.143 e. The van der Waals surface area contributed by atoms with E-state index in [1.165, 1.54) is 4.90 Å². The predicted molar refractivity (Wildman–Crippen MR) is 199 cm³/mol. The van der Waals surface area contributed by atoms with E-state index in [9.17, 15) is 9.90 Å². The Kier molecular flexibility index (Phi) is 10.4. The maximum Gasteiger partial charge on any atom is 0.143 e. The first-order valence-electron chi connectivity index (χ1n) is 17.6. The van der Waals surface area contributed by atoms with Gasteiger partial charge in [0.05, 0.1) is 26.4 Å². The minimum atomic E-state index is -1.17. The summed E-state index contributed by atoms with van der Waals surface area (Å²) in [6.45, 7) is 1.46. The molecule has 0 radical (unpaired) electrons. The molecule has 1 amide bonds. The molecule has 6 aromatic carbocycles. The average molecular weight is 677 g/mol. The molecule has 2 atom stereocenters. The van der Waals surface area contributed by atoms with Crippen LogP contribution >= 0.6 is 0 Å². The van der Waals surface area contributed by atoms with Crippen molar-refractivity contribution in [3.8, 4) is 5.75 Å². The Morgan fingerprint density at radius 1 is 0.745 bits per heavy atom. The number of nitrogens with zero attached hydrogens (tertiary/aromatic N) is 1. The molecule has 0 N–H and O–H groups in total. The zero-order valence-corrected chi connectivity index (χ0v) is 28.8. The number of carbonyl (C=O) groups excluding carboxylic acids is 1. The van der Waals surface area contributed by atoms with Gasteiger partial charge in [-0.2, -0.15) is 0 Å². The van der Waals surface area contributed by atoms with Crippen LogP contribution < -0.4 is 9.84 Å². The second-order valence-electron chi connectivity index (χ2n) is 13.1. The summed E-state index contributed by atoms with van der Waals surface area (Å²) >= 11 is 0. The van der Waals surface area contributed by atoms with Gasteiger partial charge in [0.25, 0.3) is 0 Å². The molecule has 51 heavy (non-hydrogen) atoms. The highest BCUT2D eigenvalue weighted by atomic mass is 16.5. The molecule has 6 nitrogen and oxygen atoms in total. The second kappa shape index (κ2) is 15.6. The first-order valence-corrected chi connectivity index (χ1v) is 17.6. The van der Waals surface area contributed by atoms with Crippen LogP contribution in [-0.4, -0.2) is 43.9 Å². The summed E-state index contributed by atoms with van der Waals surface area (Å²) in [5.74, 6) is 0.804. The van der Waals surface area contributed by atoms with Crippen LogP contribution in [0.2, 0.25) is 0 Å². The molecule has 0 saturated carbocycles. The van der Waals surface area contributed by atoms with Gasteiger partial charge in [-0.05, 0) is 46.0 Å². The SMILES string of the molecule is COc1c(COC2CN(C(=O)[O-])CCC2c2ccc(CCOC(c3ccccc3)(c3ccccc3)c3ccccc3)cc2)ccc2ccccc12. The summed E-state index contributed by atoms with van der Waals surface area (Å²) in [5.41, 5.74) is 5.67. The van der Waals surface area contributed by atoms with Gasteiger partial charge < -0.3 is 29.0 Å². The number of carbonyl (C=O) groups is 1. The molecule has 1 aliphatic rings. The Bertz CT molecular complexity index is 1940. The first-order chi connectivity index (χ1) is 25.1. The lowest BCUT2D eigenvalue weighted by atomic mass is 9.80. The number of likely N-dealkylation sites (tertiary alicyclic amines) is 1. The molecular formula is C45H42NO5-. The molecule has 0 bridgehead atoms. The minimum Gasteiger partial charge on any atom is -0.530 e. The molecule has 6 aromatic rings. The van der Waals surface area contributed by atoms with E-state index in [0.717, 1.165) is 56.3 Å². The van der Waals surface area contributed by atoms with E-state index in [-0.39, 0.29) is 18.6 Å². The number of ether oxygens (including phenoxy) is 3. The molecule has 0 aliphatic carbocycles. The highest BCUT2D eigenvalue weighted by molar-refractivity contribution is 5.89. The normalized spacial score (nSPS) is 16.2. The van der Waals surface area contributed by atoms with Crippen LogP contribution in [0.25, 0.3) is 10.8 Å². The van der Waals surface area contributed by atoms with E-state index in [1.807, 2.05) is 42.5 Å². The van der Waals surface area contributed by atoms with Crippen molar-refractivity contribution in [3.05, 3.63) is 185 Å². The fraction of sp³-hybridized carbons (Fsp3) is 0.222. The molecule has 258 valence electrons. The third-order valence-corrected chi connectivity index (χ3v) is 10.1. The van der Waals surface area contributed by atoms with Gasteiger partial charge in [0, 0.05) is 30.0 Å². The van der Waals surface area contributed by atoms with Crippen LogP contribution in [0.5, 0.6) is 5.75 Å². The lowest BCUT2D eigenvalue weighted by Crippen LogP contribution is -2.51. The third kappa shape index (κ3) is 7.25. The van der Waals surface area contributed by atoms with Crippen LogP contribution in [0.1, 0.15) is 45.7 Å². The number of fused-ring (bicyclic) bond motifs is 1. The number of hydrogen-bond donors (Lipinski definition) is 0. The molecular weight excluding hydrogens is 634 g/mol. The van der Waals surface area contributed by atoms with Gasteiger partial charge in [0.1, 0.15) is 17.4 Å². The van der Waals surface area contributed by atoms with Crippen molar-refractivity contribution >= 4 is 16.9 Å². The summed E-state index contributed by atoms with van der Waals surface area (Å²) < 4.78 is 19.4. The molecule has 0 aromatic heterocycles. The van der Waals surface area contributed by atoms with Gasteiger partial charge in [-0.3, -0.25) is 0 Å². The van der Waals surface area contributed by atoms with Gasteiger partial charge in [0.15, 0.2) is 0 Å². The van der Waals surface area contributed by atoms with Crippen LogP contribution in [0, 0.1) is 0 Å². The standard InChI is InChI=1S/C45H43NO5/c1-49-43-36(26-25-34-13-11-12-20-41(34)43)32-50-42-31-46(44(47)48)29-27-40(42)35-23-21-33(22-24-35)28-30-51-45(37-14-5-2-6-15-37,38-16-7-3-8-17-38)39-18-9-4-10-19-39/h2-26,40,42H,27-32H2,1H3,(H,47,48)/p-1. The number of amides is 1. The Balaban J connectivity index is 1.09. The van der Waals surface area contributed by atoms with Gasteiger partial charge in [-0.1, -0.05) is 152 Å². The minimum absolute atomic E-state index is 0.0271. The van der Waals surface area contributed by atoms with E-state index in [4.69, 9.17) is 14.2 Å². The van der Waals surface area contributed by atoms with Crippen LogP contribution in [0.15, 0.2) is 152 Å². The third-order valence-electron chi connectivity index (χ3n) is 10.1. The number of hydrogen-bond acceptors (Lipinski definition) is 5. The molecule has 1 saturated heterocycles. The topological polar surface area (TPSA) is 71.1 Å². The van der Waals surface area contributed by atoms with Crippen molar-refractivity contribution in [2.75, 3.05) is 26.8 Å². The van der Waals surface area contributed by atoms with Gasteiger partial charge in [-0.15, -0.1) is 0 Å². The quantitative estimate of drug-likeness (QED) is 0.123. The zero-order chi connectivity index (χ0) is 35.0. The molecule has 1 aliphatic heterocycles. The fourth-order valence-electron chi connectivity index (χ4n) is 7.49. The van der Waals surface area contributed by atoms with Crippen molar-refractivity contribution in [2.45, 2.75) is 37.1 Å². The van der Waals surface area contributed by atoms with Crippen molar-refractivity contribution in [2.24, 2.45) is 0 Å². The molecule has 6 heteroatoms. The Morgan fingerprint density at radius 2 is 1.33 bits per heavy atom. The van der Waals surface area contributed by atoms with Crippen LogP contribution in [0.4, 0.5) is 4.79 Å². The van der Waals surface area contributed by atoms with E-state index in [1.54, 1.807) is 7.11 Å². The van der Waals surface area contributed by atoms with Crippen molar-refractivity contribution in [1.29, 1.82) is 0 Å². The number of benzene rings is 6. The predicted octanol–water partition coefficient (Wildman–Crippen LogP) is 8.12. The van der Waals surface area contributed by atoms with Crippen molar-refractivity contribution < 1.29 is 24.1 Å². The highest BCUT2D eigenvalue weighted by Gasteiger charge is 2.37. The molecule has 1 heterocycles.